The van der Waals surface area contributed by atoms with E-state index >= 15 is 0 Å². The van der Waals surface area contributed by atoms with Gasteiger partial charge in [0.05, 0.1) is 11.4 Å². The van der Waals surface area contributed by atoms with Gasteiger partial charge in [-0.1, -0.05) is 13.8 Å². The van der Waals surface area contributed by atoms with E-state index in [9.17, 15) is 4.79 Å². The smallest absolute Gasteiger partial charge is 0.259 e. The summed E-state index contributed by atoms with van der Waals surface area (Å²) in [5.74, 6) is 1.46. The molecule has 0 unspecified atom stereocenters. The van der Waals surface area contributed by atoms with Crippen molar-refractivity contribution in [3.63, 3.8) is 0 Å². The molecule has 5 heteroatoms. The zero-order valence-electron chi connectivity index (χ0n) is 12.2. The number of hydrogen-bond acceptors (Lipinski definition) is 4. The molecule has 0 fully saturated rings. The van der Waals surface area contributed by atoms with Gasteiger partial charge in [-0.3, -0.25) is 4.79 Å². The van der Waals surface area contributed by atoms with E-state index < -0.39 is 0 Å². The first-order chi connectivity index (χ1) is 9.60. The molecule has 0 radical (unpaired) electrons. The lowest BCUT2D eigenvalue weighted by molar-refractivity contribution is 0.509. The SMILES string of the molecule is CCN[C@@H](C)c1nc2sc3c(c2c(=O)[nH]1)CC[C@@H](C)C3. The van der Waals surface area contributed by atoms with E-state index in [0.717, 1.165) is 41.3 Å². The first-order valence-electron chi connectivity index (χ1n) is 7.38. The molecule has 3 rings (SSSR count). The van der Waals surface area contributed by atoms with Crippen molar-refractivity contribution < 1.29 is 0 Å². The second kappa shape index (κ2) is 5.30. The fraction of sp³-hybridized carbons (Fsp3) is 0.600. The Morgan fingerprint density at radius 1 is 1.55 bits per heavy atom. The molecule has 108 valence electrons. The molecular weight excluding hydrogens is 270 g/mol. The number of nitrogens with zero attached hydrogens (tertiary/aromatic N) is 1. The number of fused-ring (bicyclic) bond motifs is 3. The lowest BCUT2D eigenvalue weighted by Gasteiger charge is -2.17. The largest absolute Gasteiger partial charge is 0.309 e. The lowest BCUT2D eigenvalue weighted by atomic mass is 9.89. The normalized spacial score (nSPS) is 20.1. The Morgan fingerprint density at radius 3 is 3.10 bits per heavy atom. The Bertz CT molecular complexity index is 688. The van der Waals surface area contributed by atoms with Gasteiger partial charge in [-0.15, -0.1) is 11.3 Å². The van der Waals surface area contributed by atoms with Crippen molar-refractivity contribution in [2.45, 2.75) is 46.1 Å². The second-order valence-electron chi connectivity index (χ2n) is 5.76. The van der Waals surface area contributed by atoms with Crippen molar-refractivity contribution in [1.82, 2.24) is 15.3 Å². The molecular formula is C15H21N3OS. The number of hydrogen-bond donors (Lipinski definition) is 2. The average molecular weight is 291 g/mol. The van der Waals surface area contributed by atoms with E-state index in [-0.39, 0.29) is 11.6 Å². The zero-order valence-corrected chi connectivity index (χ0v) is 13.1. The molecule has 4 nitrogen and oxygen atoms in total. The van der Waals surface area contributed by atoms with Gasteiger partial charge in [0.1, 0.15) is 10.7 Å². The molecule has 2 atom stereocenters. The standard InChI is InChI=1S/C15H21N3OS/c1-4-16-9(3)13-17-14(19)12-10-6-5-8(2)7-11(10)20-15(12)18-13/h8-9,16H,4-7H2,1-3H3,(H,17,18,19)/t8-,9+/m1/s1. The minimum Gasteiger partial charge on any atom is -0.309 e. The van der Waals surface area contributed by atoms with Crippen LogP contribution in [0.3, 0.4) is 0 Å². The van der Waals surface area contributed by atoms with E-state index in [1.54, 1.807) is 11.3 Å². The van der Waals surface area contributed by atoms with Gasteiger partial charge in [0.25, 0.3) is 5.56 Å². The minimum atomic E-state index is 0.0295. The van der Waals surface area contributed by atoms with Crippen molar-refractivity contribution in [2.75, 3.05) is 6.54 Å². The van der Waals surface area contributed by atoms with Crippen molar-refractivity contribution in [3.05, 3.63) is 26.6 Å². The summed E-state index contributed by atoms with van der Waals surface area (Å²) >= 11 is 1.71. The second-order valence-corrected chi connectivity index (χ2v) is 6.85. The summed E-state index contributed by atoms with van der Waals surface area (Å²) < 4.78 is 0. The molecule has 0 saturated heterocycles. The number of aryl methyl sites for hydroxylation is 1. The maximum absolute atomic E-state index is 12.4. The number of aromatic nitrogens is 2. The molecule has 0 aromatic carbocycles. The van der Waals surface area contributed by atoms with Gasteiger partial charge < -0.3 is 10.3 Å². The van der Waals surface area contributed by atoms with Crippen LogP contribution in [0.2, 0.25) is 0 Å². The first kappa shape index (κ1) is 13.8. The molecule has 2 N–H and O–H groups in total. The molecule has 2 aromatic heterocycles. The molecule has 2 aromatic rings. The summed E-state index contributed by atoms with van der Waals surface area (Å²) in [5, 5.41) is 4.13. The highest BCUT2D eigenvalue weighted by Crippen LogP contribution is 2.35. The minimum absolute atomic E-state index is 0.0295. The molecule has 0 spiro atoms. The van der Waals surface area contributed by atoms with Crippen molar-refractivity contribution in [3.8, 4) is 0 Å². The van der Waals surface area contributed by atoms with Crippen LogP contribution in [0, 0.1) is 5.92 Å². The predicted molar refractivity (Wildman–Crippen MR) is 83.5 cm³/mol. The summed E-state index contributed by atoms with van der Waals surface area (Å²) in [6.07, 6.45) is 3.28. The van der Waals surface area contributed by atoms with Crippen molar-refractivity contribution >= 4 is 21.6 Å². The topological polar surface area (TPSA) is 57.8 Å². The highest BCUT2D eigenvalue weighted by molar-refractivity contribution is 7.18. The van der Waals surface area contributed by atoms with Crippen molar-refractivity contribution in [2.24, 2.45) is 5.92 Å². The van der Waals surface area contributed by atoms with Crippen LogP contribution in [-0.2, 0) is 12.8 Å². The first-order valence-corrected chi connectivity index (χ1v) is 8.19. The number of aromatic amines is 1. The van der Waals surface area contributed by atoms with Crippen LogP contribution in [0.4, 0.5) is 0 Å². The molecule has 0 bridgehead atoms. The Balaban J connectivity index is 2.12. The van der Waals surface area contributed by atoms with Crippen LogP contribution >= 0.6 is 11.3 Å². The number of rotatable bonds is 3. The summed E-state index contributed by atoms with van der Waals surface area (Å²) in [4.78, 5) is 22.3. The van der Waals surface area contributed by atoms with E-state index in [0.29, 0.717) is 0 Å². The Kier molecular flexibility index (Phi) is 3.65. The van der Waals surface area contributed by atoms with Crippen LogP contribution in [-0.4, -0.2) is 16.5 Å². The lowest BCUT2D eigenvalue weighted by Crippen LogP contribution is -2.23. The number of nitrogens with one attached hydrogen (secondary N) is 2. The van der Waals surface area contributed by atoms with Crippen LogP contribution in [0.15, 0.2) is 4.79 Å². The zero-order chi connectivity index (χ0) is 14.3. The average Bonchev–Trinajstić information content (AvgIpc) is 2.76. The van der Waals surface area contributed by atoms with E-state index in [2.05, 4.69) is 29.1 Å². The fourth-order valence-electron chi connectivity index (χ4n) is 2.97. The summed E-state index contributed by atoms with van der Waals surface area (Å²) in [7, 11) is 0. The van der Waals surface area contributed by atoms with Crippen molar-refractivity contribution in [1.29, 1.82) is 0 Å². The Labute approximate surface area is 122 Å². The number of H-pyrrole nitrogens is 1. The quantitative estimate of drug-likeness (QED) is 0.914. The maximum Gasteiger partial charge on any atom is 0.259 e. The van der Waals surface area contributed by atoms with Gasteiger partial charge in [0, 0.05) is 4.88 Å². The molecule has 1 aliphatic rings. The van der Waals surface area contributed by atoms with E-state index in [4.69, 9.17) is 0 Å². The van der Waals surface area contributed by atoms with Crippen LogP contribution in [0.25, 0.3) is 10.2 Å². The van der Waals surface area contributed by atoms with E-state index in [1.807, 2.05) is 6.92 Å². The highest BCUT2D eigenvalue weighted by Gasteiger charge is 2.23. The molecule has 1 aliphatic carbocycles. The van der Waals surface area contributed by atoms with Gasteiger partial charge in [-0.05, 0) is 44.2 Å². The summed E-state index contributed by atoms with van der Waals surface area (Å²) in [5.41, 5.74) is 1.28. The van der Waals surface area contributed by atoms with Gasteiger partial charge in [-0.25, -0.2) is 4.98 Å². The molecule has 0 amide bonds. The summed E-state index contributed by atoms with van der Waals surface area (Å²) in [6.45, 7) is 7.23. The Morgan fingerprint density at radius 2 is 2.35 bits per heavy atom. The molecule has 20 heavy (non-hydrogen) atoms. The third kappa shape index (κ3) is 2.29. The Hall–Kier alpha value is -1.20. The van der Waals surface area contributed by atoms with Crippen LogP contribution in [0.1, 0.15) is 49.5 Å². The third-order valence-electron chi connectivity index (χ3n) is 4.10. The van der Waals surface area contributed by atoms with Crippen LogP contribution < -0.4 is 10.9 Å². The number of thiophene rings is 1. The van der Waals surface area contributed by atoms with Gasteiger partial charge in [0.2, 0.25) is 0 Å². The molecule has 0 aliphatic heterocycles. The third-order valence-corrected chi connectivity index (χ3v) is 5.25. The predicted octanol–water partition coefficient (Wildman–Crippen LogP) is 2.78. The fourth-order valence-corrected chi connectivity index (χ4v) is 4.36. The molecule has 0 saturated carbocycles. The summed E-state index contributed by atoms with van der Waals surface area (Å²) in [6, 6.07) is 0.0788. The van der Waals surface area contributed by atoms with Gasteiger partial charge in [0.15, 0.2) is 0 Å². The van der Waals surface area contributed by atoms with E-state index in [1.165, 1.54) is 16.9 Å². The maximum atomic E-state index is 12.4. The molecule has 2 heterocycles. The van der Waals surface area contributed by atoms with Crippen LogP contribution in [0.5, 0.6) is 0 Å². The monoisotopic (exact) mass is 291 g/mol. The highest BCUT2D eigenvalue weighted by atomic mass is 32.1. The van der Waals surface area contributed by atoms with Gasteiger partial charge in [-0.2, -0.15) is 0 Å². The van der Waals surface area contributed by atoms with Gasteiger partial charge >= 0.3 is 0 Å².